The fourth-order valence-electron chi connectivity index (χ4n) is 1.11. The molecule has 0 unspecified atom stereocenters. The van der Waals surface area contributed by atoms with Crippen LogP contribution in [0.4, 0.5) is 11.4 Å². The van der Waals surface area contributed by atoms with Crippen LogP contribution in [0.5, 0.6) is 0 Å². The Balaban J connectivity index is 0.000000219. The van der Waals surface area contributed by atoms with Gasteiger partial charge in [-0.05, 0) is 4.90 Å². The van der Waals surface area contributed by atoms with Gasteiger partial charge in [-0.3, -0.25) is 24.9 Å². The van der Waals surface area contributed by atoms with Gasteiger partial charge in [0.15, 0.2) is 0 Å². The Kier molecular flexibility index (Phi) is 4.83. The predicted octanol–water partition coefficient (Wildman–Crippen LogP) is 0.509. The van der Waals surface area contributed by atoms with Crippen LogP contribution in [0.25, 0.3) is 0 Å². The monoisotopic (exact) mass is 298 g/mol. The number of carbonyl (C=O) groups is 1. The smallest absolute Gasteiger partial charge is 0.384 e. The summed E-state index contributed by atoms with van der Waals surface area (Å²) in [5.41, 5.74) is -1.49. The molecule has 1 aromatic carbocycles. The normalized spacial score (nSPS) is 9.33. The van der Waals surface area contributed by atoms with Crippen molar-refractivity contribution in [1.29, 1.82) is 0 Å². The maximum atomic E-state index is 10.2. The Bertz CT molecular complexity index is 649. The largest absolute Gasteiger partial charge is 0.475 e. The third-order valence-corrected chi connectivity index (χ3v) is 1.99. The Morgan fingerprint density at radius 1 is 1.19 bits per heavy atom. The number of carboxylic acid groups (broad SMARTS) is 1. The minimum absolute atomic E-state index is 0.178. The molecule has 0 bridgehead atoms. The van der Waals surface area contributed by atoms with Gasteiger partial charge in [-0.1, -0.05) is 12.1 Å². The van der Waals surface area contributed by atoms with Crippen molar-refractivity contribution in [2.75, 3.05) is 0 Å². The van der Waals surface area contributed by atoms with Crippen molar-refractivity contribution in [2.45, 2.75) is 0 Å². The average molecular weight is 298 g/mol. The Morgan fingerprint density at radius 3 is 1.90 bits per heavy atom. The Morgan fingerprint density at radius 2 is 1.67 bits per heavy atom. The van der Waals surface area contributed by atoms with E-state index in [1.165, 1.54) is 12.1 Å². The van der Waals surface area contributed by atoms with E-state index in [0.717, 1.165) is 18.3 Å². The van der Waals surface area contributed by atoms with E-state index in [1.807, 2.05) is 0 Å². The molecule has 2 aromatic rings. The molecule has 0 aliphatic carbocycles. The summed E-state index contributed by atoms with van der Waals surface area (Å²) < 4.78 is 3.86. The lowest BCUT2D eigenvalue weighted by Crippen LogP contribution is -2.30. The summed E-state index contributed by atoms with van der Waals surface area (Å²) in [7, 11) is 0. The molecular formula is C9H6N4O8. The Hall–Kier alpha value is -3.57. The number of carboxylic acids is 1. The lowest BCUT2D eigenvalue weighted by atomic mass is 10.3. The summed E-state index contributed by atoms with van der Waals surface area (Å²) in [4.78, 5) is 28.7. The van der Waals surface area contributed by atoms with E-state index in [-0.39, 0.29) is 4.90 Å². The molecule has 2 rings (SSSR count). The first-order valence-corrected chi connectivity index (χ1v) is 5.00. The van der Waals surface area contributed by atoms with Crippen molar-refractivity contribution in [2.24, 2.45) is 0 Å². The molecule has 0 saturated carbocycles. The molecular weight excluding hydrogens is 292 g/mol. The van der Waals surface area contributed by atoms with Crippen LogP contribution < -0.4 is 4.90 Å². The fraction of sp³-hybridized carbons (Fsp3) is 0. The number of rotatable bonds is 3. The second-order valence-electron chi connectivity index (χ2n) is 3.27. The maximum Gasteiger partial charge on any atom is 0.384 e. The molecule has 1 heterocycles. The second kappa shape index (κ2) is 6.55. The van der Waals surface area contributed by atoms with Crippen LogP contribution in [0.3, 0.4) is 0 Å². The fourth-order valence-corrected chi connectivity index (χ4v) is 1.11. The molecule has 0 radical (unpaired) electrons. The van der Waals surface area contributed by atoms with Gasteiger partial charge in [0.05, 0.1) is 9.85 Å². The van der Waals surface area contributed by atoms with Gasteiger partial charge in [-0.2, -0.15) is 0 Å². The van der Waals surface area contributed by atoms with Crippen LogP contribution in [-0.2, 0) is 0 Å². The summed E-state index contributed by atoms with van der Waals surface area (Å²) in [5, 5.41) is 41.7. The zero-order chi connectivity index (χ0) is 16.0. The molecule has 0 fully saturated rings. The van der Waals surface area contributed by atoms with Gasteiger partial charge in [-0.15, -0.1) is 0 Å². The van der Waals surface area contributed by atoms with Crippen LogP contribution in [0.15, 0.2) is 35.1 Å². The van der Waals surface area contributed by atoms with E-state index in [2.05, 4.69) is 9.79 Å². The molecule has 110 valence electrons. The van der Waals surface area contributed by atoms with E-state index in [9.17, 15) is 30.2 Å². The van der Waals surface area contributed by atoms with Crippen molar-refractivity contribution in [1.82, 2.24) is 5.16 Å². The first-order valence-electron chi connectivity index (χ1n) is 5.00. The minimum atomic E-state index is -1.36. The molecule has 1 aromatic heterocycles. The highest BCUT2D eigenvalue weighted by Crippen LogP contribution is 2.24. The van der Waals surface area contributed by atoms with Gasteiger partial charge in [0.2, 0.25) is 6.20 Å². The van der Waals surface area contributed by atoms with Crippen molar-refractivity contribution in [3.8, 4) is 0 Å². The van der Waals surface area contributed by atoms with Gasteiger partial charge in [0.25, 0.3) is 0 Å². The molecule has 0 amide bonds. The van der Waals surface area contributed by atoms with E-state index in [4.69, 9.17) is 5.11 Å². The van der Waals surface area contributed by atoms with E-state index in [0.29, 0.717) is 0 Å². The third-order valence-electron chi connectivity index (χ3n) is 1.99. The molecule has 21 heavy (non-hydrogen) atoms. The highest BCUT2D eigenvalue weighted by molar-refractivity contribution is 5.83. The predicted molar refractivity (Wildman–Crippen MR) is 62.2 cm³/mol. The zero-order valence-electron chi connectivity index (χ0n) is 9.98. The highest BCUT2D eigenvalue weighted by atomic mass is 16.8. The van der Waals surface area contributed by atoms with Crippen LogP contribution in [-0.4, -0.2) is 26.1 Å². The molecule has 0 atom stereocenters. The average Bonchev–Trinajstić information content (AvgIpc) is 2.86. The summed E-state index contributed by atoms with van der Waals surface area (Å²) >= 11 is 0. The SMILES string of the molecule is O=C(O)c1cno[n+]1[O-].O=[N+]([O-])c1ccccc1[N+](=O)[O-]. The molecule has 1 N–H and O–H groups in total. The number of nitro benzene ring substituents is 2. The van der Waals surface area contributed by atoms with Gasteiger partial charge in [0, 0.05) is 17.3 Å². The number of aromatic nitrogens is 2. The molecule has 0 saturated heterocycles. The quantitative estimate of drug-likeness (QED) is 0.480. The van der Waals surface area contributed by atoms with Gasteiger partial charge in [0.1, 0.15) is 0 Å². The Labute approximate surface area is 114 Å². The zero-order valence-corrected chi connectivity index (χ0v) is 9.98. The number of para-hydroxylation sites is 2. The number of aromatic carboxylic acids is 1. The first-order chi connectivity index (χ1) is 9.84. The molecule has 0 aliphatic heterocycles. The van der Waals surface area contributed by atoms with E-state index < -0.39 is 32.9 Å². The van der Waals surface area contributed by atoms with Crippen LogP contribution in [0.1, 0.15) is 10.5 Å². The lowest BCUT2D eigenvalue weighted by Gasteiger charge is -1.91. The number of hydrogen-bond donors (Lipinski definition) is 1. The number of nitro groups is 2. The van der Waals surface area contributed by atoms with E-state index >= 15 is 0 Å². The number of hydrogen-bond acceptors (Lipinski definition) is 8. The van der Waals surface area contributed by atoms with Crippen LogP contribution in [0, 0.1) is 25.4 Å². The summed E-state index contributed by atoms with van der Waals surface area (Å²) in [6, 6.07) is 4.95. The number of benzene rings is 1. The van der Waals surface area contributed by atoms with E-state index in [1.54, 1.807) is 0 Å². The third kappa shape index (κ3) is 3.95. The summed E-state index contributed by atoms with van der Waals surface area (Å²) in [6.07, 6.45) is 0.829. The summed E-state index contributed by atoms with van der Waals surface area (Å²) in [5.74, 6) is -1.36. The van der Waals surface area contributed by atoms with Crippen LogP contribution >= 0.6 is 0 Å². The van der Waals surface area contributed by atoms with Gasteiger partial charge >= 0.3 is 23.0 Å². The van der Waals surface area contributed by atoms with Crippen molar-refractivity contribution in [3.63, 3.8) is 0 Å². The molecule has 0 aliphatic rings. The van der Waals surface area contributed by atoms with Gasteiger partial charge in [-0.25, -0.2) is 4.79 Å². The molecule has 12 heteroatoms. The maximum absolute atomic E-state index is 10.2. The molecule has 12 nitrogen and oxygen atoms in total. The molecule has 0 spiro atoms. The number of nitrogens with zero attached hydrogens (tertiary/aromatic N) is 4. The first kappa shape index (κ1) is 15.5. The van der Waals surface area contributed by atoms with Crippen molar-refractivity contribution >= 4 is 17.3 Å². The van der Waals surface area contributed by atoms with Crippen molar-refractivity contribution in [3.05, 3.63) is 61.6 Å². The standard InChI is InChI=1S/C6H4N2O4.C3H2N2O4/c9-7(10)5-3-1-2-4-6(5)8(11)12;6-3(7)2-1-4-9-5(2)8/h1-4H;1H,(H,6,7). The summed E-state index contributed by atoms with van der Waals surface area (Å²) in [6.45, 7) is 0. The highest BCUT2D eigenvalue weighted by Gasteiger charge is 2.21. The lowest BCUT2D eigenvalue weighted by molar-refractivity contribution is -0.804. The van der Waals surface area contributed by atoms with Crippen molar-refractivity contribution < 1.29 is 29.3 Å². The topological polar surface area (TPSA) is 177 Å². The minimum Gasteiger partial charge on any atom is -0.475 e. The second-order valence-corrected chi connectivity index (χ2v) is 3.27. The van der Waals surface area contributed by atoms with Crippen LogP contribution in [0.2, 0.25) is 0 Å². The van der Waals surface area contributed by atoms with Gasteiger partial charge < -0.3 is 10.3 Å².